The maximum absolute atomic E-state index is 13.2. The van der Waals surface area contributed by atoms with Gasteiger partial charge in [-0.25, -0.2) is 4.79 Å². The van der Waals surface area contributed by atoms with E-state index in [0.717, 1.165) is 50.5 Å². The largest absolute Gasteiger partial charge is 0.481 e. The number of fused-ring (bicyclic) bond motifs is 1. The minimum Gasteiger partial charge on any atom is -0.481 e. The van der Waals surface area contributed by atoms with E-state index in [1.165, 1.54) is 54.7 Å². The van der Waals surface area contributed by atoms with Gasteiger partial charge >= 0.3 is 11.9 Å². The van der Waals surface area contributed by atoms with Crippen molar-refractivity contribution in [2.45, 2.75) is 103 Å². The lowest BCUT2D eigenvalue weighted by atomic mass is 9.78. The maximum Gasteiger partial charge on any atom is 0.341 e. The lowest BCUT2D eigenvalue weighted by Gasteiger charge is -2.27. The number of rotatable bonds is 5. The summed E-state index contributed by atoms with van der Waals surface area (Å²) in [6, 6.07) is 0. The van der Waals surface area contributed by atoms with Crippen LogP contribution in [0.4, 0.5) is 5.00 Å². The number of hydrogen-bond acceptors (Lipinski definition) is 5. The van der Waals surface area contributed by atoms with Crippen LogP contribution >= 0.6 is 11.3 Å². The van der Waals surface area contributed by atoms with Crippen molar-refractivity contribution in [1.29, 1.82) is 0 Å². The molecule has 6 nitrogen and oxygen atoms in total. The van der Waals surface area contributed by atoms with E-state index in [2.05, 4.69) is 5.32 Å². The molecule has 184 valence electrons. The number of aliphatic carboxylic acids is 1. The molecule has 0 aliphatic heterocycles. The Balaban J connectivity index is 1.88. The fraction of sp³-hybridized carbons (Fsp3) is 0.731. The predicted octanol–water partition coefficient (Wildman–Crippen LogP) is 6.36. The molecule has 2 N–H and O–H groups in total. The first-order chi connectivity index (χ1) is 16.0. The van der Waals surface area contributed by atoms with E-state index in [-0.39, 0.29) is 18.5 Å². The van der Waals surface area contributed by atoms with E-state index >= 15 is 0 Å². The van der Waals surface area contributed by atoms with Crippen LogP contribution in [0.5, 0.6) is 0 Å². The van der Waals surface area contributed by atoms with E-state index in [4.69, 9.17) is 4.74 Å². The van der Waals surface area contributed by atoms with E-state index in [1.807, 2.05) is 0 Å². The summed E-state index contributed by atoms with van der Waals surface area (Å²) in [5, 5.41) is 13.1. The molecule has 0 aromatic carbocycles. The summed E-state index contributed by atoms with van der Waals surface area (Å²) >= 11 is 1.49. The lowest BCUT2D eigenvalue weighted by Crippen LogP contribution is -2.36. The molecule has 2 atom stereocenters. The Morgan fingerprint density at radius 2 is 1.45 bits per heavy atom. The number of nitrogens with one attached hydrogen (secondary N) is 1. The molecular weight excluding hydrogens is 438 g/mol. The number of carbonyl (C=O) groups excluding carboxylic acids is 2. The van der Waals surface area contributed by atoms with Gasteiger partial charge < -0.3 is 15.2 Å². The highest BCUT2D eigenvalue weighted by atomic mass is 32.1. The molecule has 0 radical (unpaired) electrons. The second-order valence-corrected chi connectivity index (χ2v) is 10.5. The monoisotopic (exact) mass is 477 g/mol. The van der Waals surface area contributed by atoms with Crippen molar-refractivity contribution < 1.29 is 24.2 Å². The molecule has 1 heterocycles. The standard InChI is InChI=1S/C26H39NO5S/c1-2-32-26(31)22-20-16-10-8-6-4-3-5-7-9-11-17-21(20)33-24(22)27-23(28)18-14-12-13-15-19(18)25(29)30/h18-19H,2-17H2,1H3,(H,27,28)(H,29,30)/t18-,19+/m1/s1. The van der Waals surface area contributed by atoms with Gasteiger partial charge in [0.2, 0.25) is 5.91 Å². The Labute approximate surface area is 201 Å². The molecule has 1 aromatic heterocycles. The molecule has 1 aromatic rings. The van der Waals surface area contributed by atoms with E-state index in [9.17, 15) is 19.5 Å². The number of esters is 1. The Morgan fingerprint density at radius 1 is 0.879 bits per heavy atom. The number of hydrogen-bond donors (Lipinski definition) is 2. The Morgan fingerprint density at radius 3 is 2.06 bits per heavy atom. The van der Waals surface area contributed by atoms with Crippen LogP contribution in [0, 0.1) is 11.8 Å². The maximum atomic E-state index is 13.2. The molecule has 2 aliphatic carbocycles. The third-order valence-electron chi connectivity index (χ3n) is 7.06. The van der Waals surface area contributed by atoms with Gasteiger partial charge in [0.15, 0.2) is 0 Å². The number of aryl methyl sites for hydroxylation is 1. The molecule has 7 heteroatoms. The first kappa shape index (κ1) is 25.7. The zero-order valence-corrected chi connectivity index (χ0v) is 20.8. The Hall–Kier alpha value is -1.89. The summed E-state index contributed by atoms with van der Waals surface area (Å²) in [6.45, 7) is 2.07. The lowest BCUT2D eigenvalue weighted by molar-refractivity contribution is -0.147. The molecular formula is C26H39NO5S. The number of thiophene rings is 1. The van der Waals surface area contributed by atoms with Gasteiger partial charge in [0.25, 0.3) is 0 Å². The quantitative estimate of drug-likeness (QED) is 0.481. The average molecular weight is 478 g/mol. The molecule has 0 bridgehead atoms. The molecule has 3 rings (SSSR count). The Bertz CT molecular complexity index is 818. The van der Waals surface area contributed by atoms with Crippen molar-refractivity contribution in [2.75, 3.05) is 11.9 Å². The van der Waals surface area contributed by atoms with Crippen molar-refractivity contribution in [3.05, 3.63) is 16.0 Å². The first-order valence-corrected chi connectivity index (χ1v) is 13.7. The zero-order valence-electron chi connectivity index (χ0n) is 20.0. The molecule has 0 spiro atoms. The van der Waals surface area contributed by atoms with Crippen LogP contribution in [0.3, 0.4) is 0 Å². The number of carboxylic acid groups (broad SMARTS) is 1. The zero-order chi connectivity index (χ0) is 23.6. The average Bonchev–Trinajstić information content (AvgIpc) is 3.14. The number of anilines is 1. The highest BCUT2D eigenvalue weighted by Crippen LogP contribution is 2.38. The molecule has 0 unspecified atom stereocenters. The topological polar surface area (TPSA) is 92.7 Å². The normalized spacial score (nSPS) is 22.7. The smallest absolute Gasteiger partial charge is 0.341 e. The van der Waals surface area contributed by atoms with Gasteiger partial charge in [0.05, 0.1) is 24.0 Å². The summed E-state index contributed by atoms with van der Waals surface area (Å²) in [7, 11) is 0. The number of carboxylic acids is 1. The fourth-order valence-electron chi connectivity index (χ4n) is 5.26. The van der Waals surface area contributed by atoms with E-state index in [0.29, 0.717) is 23.4 Å². The predicted molar refractivity (Wildman–Crippen MR) is 131 cm³/mol. The van der Waals surface area contributed by atoms with Crippen molar-refractivity contribution in [2.24, 2.45) is 11.8 Å². The van der Waals surface area contributed by atoms with Gasteiger partial charge in [-0.15, -0.1) is 11.3 Å². The van der Waals surface area contributed by atoms with Gasteiger partial charge in [-0.2, -0.15) is 0 Å². The highest BCUT2D eigenvalue weighted by Gasteiger charge is 2.37. The number of carbonyl (C=O) groups is 3. The van der Waals surface area contributed by atoms with Gasteiger partial charge in [-0.1, -0.05) is 57.8 Å². The summed E-state index contributed by atoms with van der Waals surface area (Å²) < 4.78 is 5.39. The van der Waals surface area contributed by atoms with Gasteiger partial charge in [-0.05, 0) is 51.0 Å². The first-order valence-electron chi connectivity index (χ1n) is 12.9. The second kappa shape index (κ2) is 13.1. The van der Waals surface area contributed by atoms with E-state index in [1.54, 1.807) is 6.92 Å². The molecule has 1 saturated carbocycles. The summed E-state index contributed by atoms with van der Waals surface area (Å²) in [6.07, 6.45) is 15.3. The van der Waals surface area contributed by atoms with Crippen LogP contribution in [0.25, 0.3) is 0 Å². The highest BCUT2D eigenvalue weighted by molar-refractivity contribution is 7.17. The molecule has 2 aliphatic rings. The van der Waals surface area contributed by atoms with Crippen LogP contribution in [0.2, 0.25) is 0 Å². The molecule has 0 saturated heterocycles. The van der Waals surface area contributed by atoms with Crippen LogP contribution in [-0.2, 0) is 27.2 Å². The van der Waals surface area contributed by atoms with Crippen LogP contribution in [0.15, 0.2) is 0 Å². The van der Waals surface area contributed by atoms with Crippen molar-refractivity contribution in [3.8, 4) is 0 Å². The summed E-state index contributed by atoms with van der Waals surface area (Å²) in [5.41, 5.74) is 1.54. The van der Waals surface area contributed by atoms with Crippen LogP contribution < -0.4 is 5.32 Å². The SMILES string of the molecule is CCOC(=O)c1c(NC(=O)[C@@H]2CCCC[C@@H]2C(=O)O)sc2c1CCCCCCCCCCC2. The molecule has 1 fully saturated rings. The van der Waals surface area contributed by atoms with E-state index < -0.39 is 17.8 Å². The minimum atomic E-state index is -0.908. The fourth-order valence-corrected chi connectivity index (χ4v) is 6.54. The molecule has 33 heavy (non-hydrogen) atoms. The van der Waals surface area contributed by atoms with Crippen LogP contribution in [0.1, 0.15) is 111 Å². The van der Waals surface area contributed by atoms with Gasteiger partial charge in [-0.3, -0.25) is 9.59 Å². The minimum absolute atomic E-state index is 0.276. The third kappa shape index (κ3) is 7.05. The number of amides is 1. The van der Waals surface area contributed by atoms with Crippen molar-refractivity contribution in [1.82, 2.24) is 0 Å². The van der Waals surface area contributed by atoms with Gasteiger partial charge in [0, 0.05) is 4.88 Å². The summed E-state index contributed by atoms with van der Waals surface area (Å²) in [4.78, 5) is 39.1. The van der Waals surface area contributed by atoms with Crippen molar-refractivity contribution in [3.63, 3.8) is 0 Å². The second-order valence-electron chi connectivity index (χ2n) is 9.44. The van der Waals surface area contributed by atoms with Crippen molar-refractivity contribution >= 4 is 34.2 Å². The third-order valence-corrected chi connectivity index (χ3v) is 8.26. The Kier molecular flexibility index (Phi) is 10.2. The van der Waals surface area contributed by atoms with Gasteiger partial charge in [0.1, 0.15) is 5.00 Å². The number of ether oxygens (including phenoxy) is 1. The van der Waals surface area contributed by atoms with Crippen LogP contribution in [-0.4, -0.2) is 29.6 Å². The summed E-state index contributed by atoms with van der Waals surface area (Å²) in [5.74, 6) is -2.78. The molecule has 1 amide bonds.